The van der Waals surface area contributed by atoms with E-state index in [-0.39, 0.29) is 6.71 Å². The molecule has 0 unspecified atom stereocenters. The largest absolute Gasteiger partial charge is 0.310 e. The highest BCUT2D eigenvalue weighted by Crippen LogP contribution is 2.51. The van der Waals surface area contributed by atoms with Gasteiger partial charge >= 0.3 is 0 Å². The fourth-order valence-corrected chi connectivity index (χ4v) is 17.1. The highest BCUT2D eigenvalue weighted by Gasteiger charge is 2.43. The number of benzene rings is 15. The van der Waals surface area contributed by atoms with Gasteiger partial charge < -0.3 is 27.7 Å². The van der Waals surface area contributed by atoms with Crippen LogP contribution in [0.5, 0.6) is 0 Å². The molecule has 7 heteroatoms. The first-order valence-corrected chi connectivity index (χ1v) is 33.6. The van der Waals surface area contributed by atoms with E-state index < -0.39 is 0 Å². The van der Waals surface area contributed by atoms with Crippen molar-refractivity contribution in [3.63, 3.8) is 0 Å². The van der Waals surface area contributed by atoms with Crippen molar-refractivity contribution in [3.05, 3.63) is 346 Å². The summed E-state index contributed by atoms with van der Waals surface area (Å²) in [5.74, 6) is 0. The number of nitrogens with zero attached hydrogens (tertiary/aromatic N) is 6. The first-order chi connectivity index (χ1) is 48.2. The van der Waals surface area contributed by atoms with Crippen LogP contribution in [-0.2, 0) is 0 Å². The minimum atomic E-state index is -0.326. The van der Waals surface area contributed by atoms with E-state index in [1.54, 1.807) is 0 Å². The number of anilines is 3. The van der Waals surface area contributed by atoms with Crippen LogP contribution in [0.3, 0.4) is 0 Å². The Hall–Kier alpha value is -12.8. The third kappa shape index (κ3) is 7.56. The summed E-state index contributed by atoms with van der Waals surface area (Å²) >= 11 is 0. The summed E-state index contributed by atoms with van der Waals surface area (Å²) in [6.07, 6.45) is 0. The second-order valence-corrected chi connectivity index (χ2v) is 25.8. The lowest BCUT2D eigenvalue weighted by molar-refractivity contribution is 1.01. The molecule has 0 spiro atoms. The van der Waals surface area contributed by atoms with E-state index in [4.69, 9.17) is 0 Å². The Morgan fingerprint density at radius 3 is 0.742 bits per heavy atom. The number of rotatable bonds is 9. The summed E-state index contributed by atoms with van der Waals surface area (Å²) in [4.78, 5) is 2.39. The SMILES string of the molecule is c1ccc(N(c2ccccc2)c2ccc3c(c2)c2ccccc2n3-c2c(-n3c4ccccc4c4ccccc43)c(-n3c4ccccc4c4ccccc43)c(B3c4ccccc4-c4ccccc43)c(-n3c4ccccc4c4ccccc43)c2-n2c3ccccc3c3ccccc32)cc1. The molecule has 6 nitrogen and oxygen atoms in total. The molecule has 0 bridgehead atoms. The Balaban J connectivity index is 1.11. The lowest BCUT2D eigenvalue weighted by Gasteiger charge is -2.33. The molecule has 0 saturated heterocycles. The lowest BCUT2D eigenvalue weighted by atomic mass is 9.38. The molecule has 97 heavy (non-hydrogen) atoms. The Labute approximate surface area is 558 Å². The van der Waals surface area contributed by atoms with Gasteiger partial charge in [-0.1, -0.05) is 260 Å². The Morgan fingerprint density at radius 1 is 0.186 bits per heavy atom. The molecule has 0 radical (unpaired) electrons. The van der Waals surface area contributed by atoms with Gasteiger partial charge in [0.2, 0.25) is 6.71 Å². The number of para-hydroxylation sites is 11. The number of aromatic nitrogens is 5. The van der Waals surface area contributed by atoms with E-state index in [0.29, 0.717) is 0 Å². The molecule has 0 saturated carbocycles. The van der Waals surface area contributed by atoms with Gasteiger partial charge in [-0.2, -0.15) is 0 Å². The molecule has 1 aliphatic heterocycles. The highest BCUT2D eigenvalue weighted by molar-refractivity contribution is 7.00. The van der Waals surface area contributed by atoms with Gasteiger partial charge in [-0.3, -0.25) is 0 Å². The smallest absolute Gasteiger partial charge is 0.248 e. The quantitative estimate of drug-likeness (QED) is 0.132. The number of hydrogen-bond acceptors (Lipinski definition) is 1. The number of hydrogen-bond donors (Lipinski definition) is 0. The zero-order chi connectivity index (χ0) is 63.4. The summed E-state index contributed by atoms with van der Waals surface area (Å²) in [6.45, 7) is -0.326. The maximum atomic E-state index is 2.68. The summed E-state index contributed by atoms with van der Waals surface area (Å²) < 4.78 is 13.4. The summed E-state index contributed by atoms with van der Waals surface area (Å²) in [6, 6.07) is 129. The maximum Gasteiger partial charge on any atom is 0.248 e. The normalized spacial score (nSPS) is 12.3. The zero-order valence-corrected chi connectivity index (χ0v) is 52.7. The van der Waals surface area contributed by atoms with Crippen molar-refractivity contribution < 1.29 is 0 Å². The molecule has 0 fully saturated rings. The topological polar surface area (TPSA) is 27.9 Å². The maximum absolute atomic E-state index is 2.68. The van der Waals surface area contributed by atoms with E-state index in [2.05, 4.69) is 374 Å². The van der Waals surface area contributed by atoms with Crippen molar-refractivity contribution in [2.45, 2.75) is 0 Å². The molecule has 0 N–H and O–H groups in total. The van der Waals surface area contributed by atoms with Crippen molar-refractivity contribution in [1.29, 1.82) is 0 Å². The van der Waals surface area contributed by atoms with Crippen LogP contribution in [0.15, 0.2) is 346 Å². The van der Waals surface area contributed by atoms with E-state index >= 15 is 0 Å². The minimum absolute atomic E-state index is 0.326. The van der Waals surface area contributed by atoms with Crippen LogP contribution < -0.4 is 21.3 Å². The molecule has 6 heterocycles. The molecule has 21 rings (SSSR count). The van der Waals surface area contributed by atoms with Gasteiger partial charge in [-0.25, -0.2) is 0 Å². The van der Waals surface area contributed by atoms with Crippen LogP contribution in [0.2, 0.25) is 0 Å². The van der Waals surface area contributed by atoms with Crippen molar-refractivity contribution in [1.82, 2.24) is 22.8 Å². The first-order valence-electron chi connectivity index (χ1n) is 33.6. The standard InChI is InChI=1S/C90H57BN6/c1-3-29-58(30-4-1)92(59-31-5-2-6-32-59)60-55-56-84-72(57-60)71-43-17-28-54-83(71)97(84)90-88(95-79-50-24-13-39-67(79)68-40-14-25-51-80(68)95)86(93-75-46-20-9-35-63(75)64-36-10-21-47-76(64)93)85(91-73-44-18-7-33-61(73)62-34-8-19-45-74(62)91)87(94-77-48-22-11-37-65(77)66-38-12-23-49-78(66)94)89(90)96-81-52-26-15-41-69(81)70-42-16-27-53-82(70)96/h1-57H. The Bertz CT molecular complexity index is 6110. The van der Waals surface area contributed by atoms with Gasteiger partial charge in [0, 0.05) is 70.9 Å². The van der Waals surface area contributed by atoms with Crippen LogP contribution in [0, 0.1) is 0 Å². The first kappa shape index (κ1) is 53.6. The fourth-order valence-electron chi connectivity index (χ4n) is 17.1. The van der Waals surface area contributed by atoms with Crippen molar-refractivity contribution in [2.24, 2.45) is 0 Å². The molecule has 0 atom stereocenters. The molecule has 5 aromatic heterocycles. The average molecular weight is 1230 g/mol. The Kier molecular flexibility index (Phi) is 11.5. The third-order valence-electron chi connectivity index (χ3n) is 20.9. The van der Waals surface area contributed by atoms with Crippen molar-refractivity contribution in [3.8, 4) is 39.6 Å². The van der Waals surface area contributed by atoms with E-state index in [1.165, 1.54) is 70.6 Å². The highest BCUT2D eigenvalue weighted by atomic mass is 15.2. The van der Waals surface area contributed by atoms with E-state index in [0.717, 1.165) is 111 Å². The lowest BCUT2D eigenvalue weighted by Crippen LogP contribution is -2.52. The van der Waals surface area contributed by atoms with Gasteiger partial charge in [-0.15, -0.1) is 0 Å². The fraction of sp³-hybridized carbons (Fsp3) is 0. The molecular formula is C90H57BN6. The van der Waals surface area contributed by atoms with Crippen LogP contribution in [-0.4, -0.2) is 29.5 Å². The molecule has 450 valence electrons. The van der Waals surface area contributed by atoms with Gasteiger partial charge in [0.15, 0.2) is 0 Å². The van der Waals surface area contributed by atoms with Crippen LogP contribution >= 0.6 is 0 Å². The van der Waals surface area contributed by atoms with Gasteiger partial charge in [0.05, 0.1) is 83.6 Å². The summed E-state index contributed by atoms with van der Waals surface area (Å²) in [5, 5.41) is 11.7. The summed E-state index contributed by atoms with van der Waals surface area (Å²) in [5.41, 5.74) is 25.7. The molecule has 0 aliphatic carbocycles. The Morgan fingerprint density at radius 2 is 0.423 bits per heavy atom. The van der Waals surface area contributed by atoms with Crippen LogP contribution in [0.4, 0.5) is 17.1 Å². The third-order valence-corrected chi connectivity index (χ3v) is 20.9. The zero-order valence-electron chi connectivity index (χ0n) is 52.7. The predicted molar refractivity (Wildman–Crippen MR) is 409 cm³/mol. The monoisotopic (exact) mass is 1230 g/mol. The van der Waals surface area contributed by atoms with Crippen molar-refractivity contribution in [2.75, 3.05) is 4.90 Å². The van der Waals surface area contributed by atoms with Gasteiger partial charge in [0.1, 0.15) is 0 Å². The molecule has 15 aromatic carbocycles. The van der Waals surface area contributed by atoms with Crippen LogP contribution in [0.1, 0.15) is 0 Å². The minimum Gasteiger partial charge on any atom is -0.310 e. The van der Waals surface area contributed by atoms with Crippen LogP contribution in [0.25, 0.3) is 149 Å². The second-order valence-electron chi connectivity index (χ2n) is 25.8. The van der Waals surface area contributed by atoms with Gasteiger partial charge in [-0.05, 0) is 114 Å². The molecule has 0 amide bonds. The molecular weight excluding hydrogens is 1180 g/mol. The van der Waals surface area contributed by atoms with Crippen molar-refractivity contribution >= 4 is 149 Å². The summed E-state index contributed by atoms with van der Waals surface area (Å²) in [7, 11) is 0. The van der Waals surface area contributed by atoms with E-state index in [9.17, 15) is 0 Å². The molecule has 20 aromatic rings. The number of fused-ring (bicyclic) bond motifs is 18. The molecule has 1 aliphatic rings. The average Bonchev–Trinajstić information content (AvgIpc) is 1.58. The van der Waals surface area contributed by atoms with E-state index in [1.807, 2.05) is 0 Å². The second kappa shape index (κ2) is 20.8. The van der Waals surface area contributed by atoms with Gasteiger partial charge in [0.25, 0.3) is 0 Å². The predicted octanol–water partition coefficient (Wildman–Crippen LogP) is 21.1.